The van der Waals surface area contributed by atoms with Gasteiger partial charge in [0.05, 0.1) is 7.11 Å². The Bertz CT molecular complexity index is 958. The van der Waals surface area contributed by atoms with Crippen molar-refractivity contribution in [2.24, 2.45) is 0 Å². The van der Waals surface area contributed by atoms with E-state index >= 15 is 0 Å². The number of ether oxygens (including phenoxy) is 2. The molecule has 1 unspecified atom stereocenters. The minimum Gasteiger partial charge on any atom is -0.497 e. The van der Waals surface area contributed by atoms with Gasteiger partial charge >= 0.3 is 12.1 Å². The summed E-state index contributed by atoms with van der Waals surface area (Å²) < 4.78 is 43.0. The molecule has 1 aliphatic carbocycles. The number of hydrogen-bond acceptors (Lipinski definition) is 5. The highest BCUT2D eigenvalue weighted by Crippen LogP contribution is 2.38. The largest absolute Gasteiger partial charge is 0.497 e. The SMILES string of the molecule is COc1cccc(C2(NCC(O)COc3ccc(C)cc3C)CCCCC2)c1.O=C(O)C(F)(F)F. The lowest BCUT2D eigenvalue weighted by molar-refractivity contribution is -0.192. The van der Waals surface area contributed by atoms with Crippen LogP contribution in [0.1, 0.15) is 48.8 Å². The first-order valence-electron chi connectivity index (χ1n) is 11.5. The van der Waals surface area contributed by atoms with Gasteiger partial charge in [0.25, 0.3) is 0 Å². The van der Waals surface area contributed by atoms with Crippen LogP contribution in [0.15, 0.2) is 42.5 Å². The molecule has 0 amide bonds. The molecule has 1 fully saturated rings. The summed E-state index contributed by atoms with van der Waals surface area (Å²) in [5.41, 5.74) is 3.45. The molecule has 3 rings (SSSR count). The molecular formula is C26H34F3NO5. The zero-order valence-corrected chi connectivity index (χ0v) is 20.3. The van der Waals surface area contributed by atoms with Gasteiger partial charge in [0, 0.05) is 12.1 Å². The van der Waals surface area contributed by atoms with Crippen LogP contribution in [-0.4, -0.2) is 48.7 Å². The van der Waals surface area contributed by atoms with Gasteiger partial charge in [-0.15, -0.1) is 0 Å². The molecule has 6 nitrogen and oxygen atoms in total. The highest BCUT2D eigenvalue weighted by Gasteiger charge is 2.38. The van der Waals surface area contributed by atoms with Crippen molar-refractivity contribution < 1.29 is 37.7 Å². The molecule has 1 aliphatic rings. The predicted octanol–water partition coefficient (Wildman–Crippen LogP) is 5.13. The van der Waals surface area contributed by atoms with Crippen molar-refractivity contribution in [1.82, 2.24) is 5.32 Å². The molecule has 0 radical (unpaired) electrons. The second-order valence-electron chi connectivity index (χ2n) is 8.79. The molecule has 2 aromatic carbocycles. The minimum atomic E-state index is -5.08. The van der Waals surface area contributed by atoms with Gasteiger partial charge in [-0.25, -0.2) is 4.79 Å². The van der Waals surface area contributed by atoms with Gasteiger partial charge in [-0.2, -0.15) is 13.2 Å². The molecule has 9 heteroatoms. The van der Waals surface area contributed by atoms with E-state index in [0.29, 0.717) is 6.54 Å². The summed E-state index contributed by atoms with van der Waals surface area (Å²) in [6.45, 7) is 4.89. The Morgan fingerprint density at radius 2 is 1.77 bits per heavy atom. The van der Waals surface area contributed by atoms with Crippen LogP contribution in [-0.2, 0) is 10.3 Å². The van der Waals surface area contributed by atoms with Crippen LogP contribution in [0.2, 0.25) is 0 Å². The van der Waals surface area contributed by atoms with Crippen molar-refractivity contribution >= 4 is 5.97 Å². The summed E-state index contributed by atoms with van der Waals surface area (Å²) in [4.78, 5) is 8.90. The molecule has 0 spiro atoms. The van der Waals surface area contributed by atoms with E-state index in [0.717, 1.165) is 29.9 Å². The average molecular weight is 498 g/mol. The van der Waals surface area contributed by atoms with Gasteiger partial charge in [-0.3, -0.25) is 0 Å². The Morgan fingerprint density at radius 3 is 2.34 bits per heavy atom. The summed E-state index contributed by atoms with van der Waals surface area (Å²) in [6.07, 6.45) is 0.158. The molecule has 35 heavy (non-hydrogen) atoms. The Morgan fingerprint density at radius 1 is 1.11 bits per heavy atom. The number of nitrogens with one attached hydrogen (secondary N) is 1. The number of aliphatic carboxylic acids is 1. The number of methoxy groups -OCH3 is 1. The second kappa shape index (κ2) is 12.8. The number of aryl methyl sites for hydroxylation is 2. The number of carboxylic acid groups (broad SMARTS) is 1. The van der Waals surface area contributed by atoms with Crippen molar-refractivity contribution in [3.8, 4) is 11.5 Å². The van der Waals surface area contributed by atoms with Crippen LogP contribution in [0.4, 0.5) is 13.2 Å². The summed E-state index contributed by atoms with van der Waals surface area (Å²) in [5.74, 6) is -1.04. The third-order valence-electron chi connectivity index (χ3n) is 6.01. The van der Waals surface area contributed by atoms with Crippen LogP contribution in [0.5, 0.6) is 11.5 Å². The van der Waals surface area contributed by atoms with Crippen molar-refractivity contribution in [1.29, 1.82) is 0 Å². The Labute approximate surface area is 204 Å². The maximum Gasteiger partial charge on any atom is 0.490 e. The van der Waals surface area contributed by atoms with Gasteiger partial charge < -0.3 is 25.0 Å². The summed E-state index contributed by atoms with van der Waals surface area (Å²) >= 11 is 0. The number of aliphatic hydroxyl groups is 1. The van der Waals surface area contributed by atoms with Crippen LogP contribution in [0.3, 0.4) is 0 Å². The predicted molar refractivity (Wildman–Crippen MR) is 127 cm³/mol. The first-order chi connectivity index (χ1) is 16.5. The first kappa shape index (κ1) is 28.5. The lowest BCUT2D eigenvalue weighted by Crippen LogP contribution is -2.48. The number of carbonyl (C=O) groups is 1. The molecule has 1 atom stereocenters. The number of benzene rings is 2. The Kier molecular flexibility index (Phi) is 10.4. The van der Waals surface area contributed by atoms with Gasteiger partial charge in [0.1, 0.15) is 24.2 Å². The van der Waals surface area contributed by atoms with E-state index < -0.39 is 18.2 Å². The maximum atomic E-state index is 10.6. The third-order valence-corrected chi connectivity index (χ3v) is 6.01. The summed E-state index contributed by atoms with van der Waals surface area (Å²) in [7, 11) is 1.70. The molecule has 0 aromatic heterocycles. The van der Waals surface area contributed by atoms with E-state index in [4.69, 9.17) is 19.4 Å². The second-order valence-corrected chi connectivity index (χ2v) is 8.79. The lowest BCUT2D eigenvalue weighted by atomic mass is 9.76. The van der Waals surface area contributed by atoms with E-state index in [1.165, 1.54) is 30.4 Å². The highest BCUT2D eigenvalue weighted by molar-refractivity contribution is 5.73. The number of halogens is 3. The standard InChI is InChI=1S/C24H33NO3.C2HF3O2/c1-18-10-11-23(19(2)14-18)28-17-21(26)16-25-24(12-5-4-6-13-24)20-8-7-9-22(15-20)27-3;3-2(4,5)1(6)7/h7-11,14-15,21,25-26H,4-6,12-13,16-17H2,1-3H3;(H,6,7). The molecule has 194 valence electrons. The van der Waals surface area contributed by atoms with Gasteiger partial charge in [0.2, 0.25) is 0 Å². The van der Waals surface area contributed by atoms with Crippen LogP contribution in [0, 0.1) is 13.8 Å². The monoisotopic (exact) mass is 497 g/mol. The van der Waals surface area contributed by atoms with Crippen molar-refractivity contribution in [3.05, 3.63) is 59.2 Å². The van der Waals surface area contributed by atoms with Crippen molar-refractivity contribution in [2.75, 3.05) is 20.3 Å². The lowest BCUT2D eigenvalue weighted by Gasteiger charge is -2.39. The quantitative estimate of drug-likeness (QED) is 0.469. The molecule has 0 bridgehead atoms. The van der Waals surface area contributed by atoms with Crippen LogP contribution in [0.25, 0.3) is 0 Å². The third kappa shape index (κ3) is 8.74. The van der Waals surface area contributed by atoms with Gasteiger partial charge in [0.15, 0.2) is 0 Å². The van der Waals surface area contributed by atoms with E-state index in [1.54, 1.807) is 7.11 Å². The fraction of sp³-hybridized carbons (Fsp3) is 0.500. The first-order valence-corrected chi connectivity index (χ1v) is 11.5. The average Bonchev–Trinajstić information content (AvgIpc) is 2.82. The number of carboxylic acids is 1. The molecule has 0 saturated heterocycles. The molecule has 0 aliphatic heterocycles. The highest BCUT2D eigenvalue weighted by atomic mass is 19.4. The molecule has 3 N–H and O–H groups in total. The molecule has 2 aromatic rings. The molecular weight excluding hydrogens is 463 g/mol. The molecule has 1 saturated carbocycles. The van der Waals surface area contributed by atoms with E-state index in [-0.39, 0.29) is 12.1 Å². The Balaban J connectivity index is 0.000000540. The summed E-state index contributed by atoms with van der Waals surface area (Å²) in [5, 5.41) is 21.3. The molecule has 0 heterocycles. The maximum absolute atomic E-state index is 10.6. The normalized spacial score (nSPS) is 16.0. The zero-order chi connectivity index (χ0) is 26.1. The van der Waals surface area contributed by atoms with Crippen molar-refractivity contribution in [3.63, 3.8) is 0 Å². The van der Waals surface area contributed by atoms with E-state index in [1.807, 2.05) is 31.2 Å². The number of hydrogen-bond donors (Lipinski definition) is 3. The number of rotatable bonds is 8. The smallest absolute Gasteiger partial charge is 0.490 e. The topological polar surface area (TPSA) is 88.0 Å². The van der Waals surface area contributed by atoms with Crippen LogP contribution >= 0.6 is 0 Å². The van der Waals surface area contributed by atoms with E-state index in [2.05, 4.69) is 30.4 Å². The summed E-state index contributed by atoms with van der Waals surface area (Å²) in [6, 6.07) is 14.4. The Hall–Kier alpha value is -2.78. The van der Waals surface area contributed by atoms with Gasteiger partial charge in [-0.05, 0) is 56.0 Å². The van der Waals surface area contributed by atoms with E-state index in [9.17, 15) is 18.3 Å². The van der Waals surface area contributed by atoms with Crippen molar-refractivity contribution in [2.45, 2.75) is 63.8 Å². The minimum absolute atomic E-state index is 0.104. The van der Waals surface area contributed by atoms with Gasteiger partial charge in [-0.1, -0.05) is 49.1 Å². The zero-order valence-electron chi connectivity index (χ0n) is 20.3. The fourth-order valence-corrected chi connectivity index (χ4v) is 4.16. The number of alkyl halides is 3. The fourth-order valence-electron chi connectivity index (χ4n) is 4.16. The number of aliphatic hydroxyl groups excluding tert-OH is 1. The van der Waals surface area contributed by atoms with Crippen LogP contribution < -0.4 is 14.8 Å².